The van der Waals surface area contributed by atoms with Gasteiger partial charge in [-0.3, -0.25) is 4.79 Å². The maximum absolute atomic E-state index is 13.0. The molecule has 2 aromatic rings. The number of nitrogens with one attached hydrogen (secondary N) is 2. The number of alkyl halides is 3. The zero-order valence-electron chi connectivity index (χ0n) is 17.8. The number of fused-ring (bicyclic) bond motifs is 2. The number of anilines is 2. The second-order valence-corrected chi connectivity index (χ2v) is 9.24. The summed E-state index contributed by atoms with van der Waals surface area (Å²) < 4.78 is 39.0. The summed E-state index contributed by atoms with van der Waals surface area (Å²) in [7, 11) is 0. The van der Waals surface area contributed by atoms with Gasteiger partial charge >= 0.3 is 6.18 Å². The van der Waals surface area contributed by atoms with Gasteiger partial charge in [-0.15, -0.1) is 0 Å². The van der Waals surface area contributed by atoms with E-state index in [4.69, 9.17) is 0 Å². The molecule has 0 spiro atoms. The van der Waals surface area contributed by atoms with Gasteiger partial charge in [-0.05, 0) is 60.9 Å². The maximum Gasteiger partial charge on any atom is 0.416 e. The minimum absolute atomic E-state index is 0.0270. The summed E-state index contributed by atoms with van der Waals surface area (Å²) in [6.07, 6.45) is -1.31. The monoisotopic (exact) mass is 429 g/mol. The van der Waals surface area contributed by atoms with Crippen LogP contribution in [0.1, 0.15) is 56.0 Å². The van der Waals surface area contributed by atoms with Gasteiger partial charge in [0.25, 0.3) is 5.91 Å². The molecule has 0 radical (unpaired) electrons. The molecule has 1 amide bonds. The van der Waals surface area contributed by atoms with Gasteiger partial charge in [-0.25, -0.2) is 5.43 Å². The van der Waals surface area contributed by atoms with Crippen molar-refractivity contribution in [3.05, 3.63) is 59.7 Å². The topological polar surface area (TPSA) is 53.5 Å². The van der Waals surface area contributed by atoms with E-state index in [1.807, 2.05) is 0 Å². The standard InChI is InChI=1S/C24H26F3N3O/c1-22(2)15-11-12-23(22,3)20(14-15)29-30-21(31)18-9-4-5-10-19(18)28-17-8-6-7-16(13-17)24(25,26)27/h4-10,13,15,28H,11-12,14H2,1-3H3,(H,30,31). The van der Waals surface area contributed by atoms with Crippen molar-refractivity contribution in [2.75, 3.05) is 5.32 Å². The largest absolute Gasteiger partial charge is 0.416 e. The van der Waals surface area contributed by atoms with Crippen molar-refractivity contribution in [2.24, 2.45) is 21.8 Å². The molecule has 2 N–H and O–H groups in total. The van der Waals surface area contributed by atoms with Crippen molar-refractivity contribution in [3.63, 3.8) is 0 Å². The Morgan fingerprint density at radius 1 is 1.10 bits per heavy atom. The van der Waals surface area contributed by atoms with E-state index in [1.165, 1.54) is 18.6 Å². The number of carbonyl (C=O) groups excluding carboxylic acids is 1. The molecule has 7 heteroatoms. The zero-order chi connectivity index (χ0) is 22.4. The molecule has 164 valence electrons. The van der Waals surface area contributed by atoms with Gasteiger partial charge in [0.05, 0.1) is 16.8 Å². The van der Waals surface area contributed by atoms with Crippen molar-refractivity contribution >= 4 is 23.0 Å². The van der Waals surface area contributed by atoms with Gasteiger partial charge in [0.2, 0.25) is 0 Å². The van der Waals surface area contributed by atoms with Crippen molar-refractivity contribution in [2.45, 2.75) is 46.2 Å². The molecule has 31 heavy (non-hydrogen) atoms. The van der Waals surface area contributed by atoms with E-state index < -0.39 is 17.6 Å². The van der Waals surface area contributed by atoms with Crippen LogP contribution in [0.25, 0.3) is 0 Å². The van der Waals surface area contributed by atoms with E-state index in [-0.39, 0.29) is 16.5 Å². The number of nitrogens with zero attached hydrogens (tertiary/aromatic N) is 1. The highest BCUT2D eigenvalue weighted by Gasteiger charge is 2.60. The van der Waals surface area contributed by atoms with Crippen LogP contribution < -0.4 is 10.7 Å². The molecule has 2 aliphatic rings. The molecule has 4 nitrogen and oxygen atoms in total. The minimum Gasteiger partial charge on any atom is -0.355 e. The number of hydrogen-bond donors (Lipinski definition) is 2. The third-order valence-electron chi connectivity index (χ3n) is 7.45. The minimum atomic E-state index is -4.44. The molecular weight excluding hydrogens is 403 g/mol. The number of para-hydroxylation sites is 1. The Labute approximate surface area is 179 Å². The molecule has 4 rings (SSSR count). The van der Waals surface area contributed by atoms with Gasteiger partial charge in [-0.1, -0.05) is 39.0 Å². The lowest BCUT2D eigenvalue weighted by Crippen LogP contribution is -2.34. The first-order valence-electron chi connectivity index (χ1n) is 10.4. The Kier molecular flexibility index (Phi) is 5.10. The van der Waals surface area contributed by atoms with Gasteiger partial charge in [0, 0.05) is 16.8 Å². The molecule has 0 heterocycles. The lowest BCUT2D eigenvalue weighted by Gasteiger charge is -2.34. The molecule has 0 saturated heterocycles. The van der Waals surface area contributed by atoms with E-state index in [2.05, 4.69) is 36.6 Å². The molecule has 2 fully saturated rings. The Bertz CT molecular complexity index is 1040. The quantitative estimate of drug-likeness (QED) is 0.554. The van der Waals surface area contributed by atoms with E-state index in [9.17, 15) is 18.0 Å². The number of rotatable bonds is 4. The SMILES string of the molecule is CC12CCC(CC1=NNC(=O)c1ccccc1Nc1cccc(C(F)(F)F)c1)C2(C)C. The highest BCUT2D eigenvalue weighted by molar-refractivity contribution is 6.02. The fourth-order valence-corrected chi connectivity index (χ4v) is 4.99. The summed E-state index contributed by atoms with van der Waals surface area (Å²) in [4.78, 5) is 12.9. The third kappa shape index (κ3) is 3.70. The van der Waals surface area contributed by atoms with Gasteiger partial charge in [0.1, 0.15) is 0 Å². The van der Waals surface area contributed by atoms with E-state index in [0.29, 0.717) is 17.2 Å². The van der Waals surface area contributed by atoms with Crippen LogP contribution in [-0.2, 0) is 6.18 Å². The highest BCUT2D eigenvalue weighted by atomic mass is 19.4. The summed E-state index contributed by atoms with van der Waals surface area (Å²) in [5, 5.41) is 7.42. The summed E-state index contributed by atoms with van der Waals surface area (Å²) in [6.45, 7) is 6.75. The fraction of sp³-hybridized carbons (Fsp3) is 0.417. The summed E-state index contributed by atoms with van der Waals surface area (Å²) in [6, 6.07) is 11.6. The van der Waals surface area contributed by atoms with Gasteiger partial charge in [0.15, 0.2) is 0 Å². The molecule has 2 aromatic carbocycles. The predicted octanol–water partition coefficient (Wildman–Crippen LogP) is 6.38. The zero-order valence-corrected chi connectivity index (χ0v) is 17.8. The number of benzene rings is 2. The van der Waals surface area contributed by atoms with Crippen LogP contribution in [0.2, 0.25) is 0 Å². The summed E-state index contributed by atoms with van der Waals surface area (Å²) in [5.74, 6) is 0.176. The molecule has 0 aliphatic heterocycles. The Balaban J connectivity index is 1.54. The lowest BCUT2D eigenvalue weighted by atomic mass is 9.70. The number of hydrogen-bond acceptors (Lipinski definition) is 3. The van der Waals surface area contributed by atoms with Crippen molar-refractivity contribution in [1.82, 2.24) is 5.43 Å². The van der Waals surface area contributed by atoms with Gasteiger partial charge in [-0.2, -0.15) is 18.3 Å². The van der Waals surface area contributed by atoms with E-state index >= 15 is 0 Å². The van der Waals surface area contributed by atoms with Crippen LogP contribution in [0, 0.1) is 16.7 Å². The molecule has 2 unspecified atom stereocenters. The van der Waals surface area contributed by atoms with E-state index in [1.54, 1.807) is 24.3 Å². The molecule has 2 saturated carbocycles. The maximum atomic E-state index is 13.0. The lowest BCUT2D eigenvalue weighted by molar-refractivity contribution is -0.137. The predicted molar refractivity (Wildman–Crippen MR) is 115 cm³/mol. The van der Waals surface area contributed by atoms with Crippen LogP contribution in [-0.4, -0.2) is 11.6 Å². The number of amides is 1. The van der Waals surface area contributed by atoms with Crippen molar-refractivity contribution in [1.29, 1.82) is 0 Å². The second-order valence-electron chi connectivity index (χ2n) is 9.24. The molecule has 2 bridgehead atoms. The third-order valence-corrected chi connectivity index (χ3v) is 7.45. The number of hydrazone groups is 1. The smallest absolute Gasteiger partial charge is 0.355 e. The summed E-state index contributed by atoms with van der Waals surface area (Å²) in [5.41, 5.74) is 4.06. The van der Waals surface area contributed by atoms with Crippen LogP contribution in [0.4, 0.5) is 24.5 Å². The Morgan fingerprint density at radius 3 is 2.48 bits per heavy atom. The number of carbonyl (C=O) groups is 1. The molecule has 2 atom stereocenters. The van der Waals surface area contributed by atoms with Gasteiger partial charge < -0.3 is 5.32 Å². The second kappa shape index (κ2) is 7.39. The molecule has 2 aliphatic carbocycles. The van der Waals surface area contributed by atoms with Crippen LogP contribution >= 0.6 is 0 Å². The van der Waals surface area contributed by atoms with Crippen LogP contribution in [0.3, 0.4) is 0 Å². The average Bonchev–Trinajstić information content (AvgIpc) is 3.05. The fourth-order valence-electron chi connectivity index (χ4n) is 4.99. The first kappa shape index (κ1) is 21.4. The van der Waals surface area contributed by atoms with Crippen molar-refractivity contribution < 1.29 is 18.0 Å². The number of halogens is 3. The van der Waals surface area contributed by atoms with E-state index in [0.717, 1.165) is 30.7 Å². The normalized spacial score (nSPS) is 25.6. The Morgan fingerprint density at radius 2 is 1.84 bits per heavy atom. The first-order chi connectivity index (χ1) is 14.5. The molecule has 0 aromatic heterocycles. The average molecular weight is 429 g/mol. The Hall–Kier alpha value is -2.83. The summed E-state index contributed by atoms with van der Waals surface area (Å²) >= 11 is 0. The first-order valence-corrected chi connectivity index (χ1v) is 10.4. The highest BCUT2D eigenvalue weighted by Crippen LogP contribution is 2.63. The van der Waals surface area contributed by atoms with Crippen LogP contribution in [0.5, 0.6) is 0 Å². The van der Waals surface area contributed by atoms with Crippen LogP contribution in [0.15, 0.2) is 53.6 Å². The van der Waals surface area contributed by atoms with Crippen molar-refractivity contribution in [3.8, 4) is 0 Å². The molecular formula is C24H26F3N3O.